The SMILES string of the molecule is Cc1ccccc1C[N+](=O)CC1CO1. The van der Waals surface area contributed by atoms with Gasteiger partial charge in [0, 0.05) is 15.2 Å². The Kier molecular flexibility index (Phi) is 2.59. The summed E-state index contributed by atoms with van der Waals surface area (Å²) in [6.07, 6.45) is 0.177. The van der Waals surface area contributed by atoms with Crippen molar-refractivity contribution < 1.29 is 9.50 Å². The van der Waals surface area contributed by atoms with E-state index in [0.717, 1.165) is 16.9 Å². The number of rotatable bonds is 4. The Bertz CT molecular complexity index is 345. The molecule has 2 rings (SSSR count). The van der Waals surface area contributed by atoms with Crippen LogP contribution in [0.25, 0.3) is 0 Å². The van der Waals surface area contributed by atoms with Crippen LogP contribution in [-0.4, -0.2) is 24.0 Å². The molecule has 1 saturated heterocycles. The van der Waals surface area contributed by atoms with Crippen molar-refractivity contribution in [2.45, 2.75) is 19.6 Å². The van der Waals surface area contributed by atoms with Crippen molar-refractivity contribution in [3.8, 4) is 0 Å². The van der Waals surface area contributed by atoms with Gasteiger partial charge in [0.25, 0.3) is 0 Å². The molecular weight excluding hydrogens is 178 g/mol. The Morgan fingerprint density at radius 2 is 2.21 bits per heavy atom. The standard InChI is InChI=1S/C11H14NO2/c1-9-4-2-3-5-10(9)6-12(13)7-11-8-14-11/h2-5,11H,6-8H2,1H3/q+1. The Morgan fingerprint density at radius 1 is 1.50 bits per heavy atom. The van der Waals surface area contributed by atoms with Crippen molar-refractivity contribution in [3.05, 3.63) is 40.3 Å². The van der Waals surface area contributed by atoms with Crippen LogP contribution in [-0.2, 0) is 11.3 Å². The third kappa shape index (κ3) is 2.39. The highest BCUT2D eigenvalue weighted by Crippen LogP contribution is 2.12. The zero-order valence-corrected chi connectivity index (χ0v) is 8.27. The smallest absolute Gasteiger partial charge is 0.220 e. The van der Waals surface area contributed by atoms with E-state index in [4.69, 9.17) is 4.74 Å². The fourth-order valence-corrected chi connectivity index (χ4v) is 1.44. The zero-order chi connectivity index (χ0) is 9.97. The minimum Gasteiger partial charge on any atom is -0.366 e. The van der Waals surface area contributed by atoms with E-state index in [1.54, 1.807) is 0 Å². The third-order valence-electron chi connectivity index (χ3n) is 2.42. The topological polar surface area (TPSA) is 32.6 Å². The molecule has 1 atom stereocenters. The Hall–Kier alpha value is -1.22. The van der Waals surface area contributed by atoms with Gasteiger partial charge in [0.1, 0.15) is 6.10 Å². The van der Waals surface area contributed by atoms with Crippen LogP contribution in [0.3, 0.4) is 0 Å². The van der Waals surface area contributed by atoms with E-state index in [9.17, 15) is 4.91 Å². The normalized spacial score (nSPS) is 19.4. The lowest BCUT2D eigenvalue weighted by Crippen LogP contribution is -2.14. The Morgan fingerprint density at radius 3 is 2.86 bits per heavy atom. The van der Waals surface area contributed by atoms with Gasteiger partial charge in [-0.3, -0.25) is 0 Å². The van der Waals surface area contributed by atoms with Crippen molar-refractivity contribution in [3.63, 3.8) is 0 Å². The molecule has 14 heavy (non-hydrogen) atoms. The molecule has 3 heteroatoms. The summed E-state index contributed by atoms with van der Waals surface area (Å²) in [5.41, 5.74) is 2.27. The van der Waals surface area contributed by atoms with E-state index in [1.807, 2.05) is 31.2 Å². The average Bonchev–Trinajstić information content (AvgIpc) is 2.93. The van der Waals surface area contributed by atoms with Gasteiger partial charge in [0.15, 0.2) is 0 Å². The molecule has 0 saturated carbocycles. The molecule has 0 bridgehead atoms. The summed E-state index contributed by atoms with van der Waals surface area (Å²) >= 11 is 0. The minimum absolute atomic E-state index is 0.177. The van der Waals surface area contributed by atoms with E-state index in [-0.39, 0.29) is 6.10 Å². The monoisotopic (exact) mass is 192 g/mol. The molecule has 1 heterocycles. The molecule has 1 aromatic carbocycles. The molecule has 74 valence electrons. The van der Waals surface area contributed by atoms with Crippen molar-refractivity contribution in [2.24, 2.45) is 0 Å². The van der Waals surface area contributed by atoms with E-state index in [1.165, 1.54) is 5.56 Å². The van der Waals surface area contributed by atoms with Gasteiger partial charge in [-0.25, -0.2) is 0 Å². The van der Waals surface area contributed by atoms with Crippen molar-refractivity contribution in [1.82, 2.24) is 0 Å². The fraction of sp³-hybridized carbons (Fsp3) is 0.455. The van der Waals surface area contributed by atoms with E-state index in [2.05, 4.69) is 0 Å². The second-order valence-electron chi connectivity index (χ2n) is 3.70. The van der Waals surface area contributed by atoms with Gasteiger partial charge in [0.2, 0.25) is 13.1 Å². The van der Waals surface area contributed by atoms with Crippen LogP contribution in [0.4, 0.5) is 0 Å². The van der Waals surface area contributed by atoms with E-state index < -0.39 is 0 Å². The molecule has 1 unspecified atom stereocenters. The van der Waals surface area contributed by atoms with E-state index in [0.29, 0.717) is 13.1 Å². The summed E-state index contributed by atoms with van der Waals surface area (Å²) in [5.74, 6) is 0. The highest BCUT2D eigenvalue weighted by atomic mass is 16.6. The van der Waals surface area contributed by atoms with Gasteiger partial charge in [-0.15, -0.1) is 0 Å². The van der Waals surface area contributed by atoms with Crippen LogP contribution >= 0.6 is 0 Å². The predicted molar refractivity (Wildman–Crippen MR) is 53.1 cm³/mol. The number of hydrogen-bond acceptors (Lipinski definition) is 2. The number of nitroso groups, excluding NO2 is 1. The van der Waals surface area contributed by atoms with Gasteiger partial charge in [-0.2, -0.15) is 0 Å². The number of ether oxygens (including phenoxy) is 1. The number of hydrogen-bond donors (Lipinski definition) is 0. The van der Waals surface area contributed by atoms with Gasteiger partial charge in [0.05, 0.1) is 6.61 Å². The molecule has 1 aliphatic heterocycles. The molecule has 0 aliphatic carbocycles. The highest BCUT2D eigenvalue weighted by Gasteiger charge is 2.30. The molecular formula is C11H14NO2+. The number of nitrogens with zero attached hydrogens (tertiary/aromatic N) is 1. The molecule has 1 fully saturated rings. The maximum Gasteiger partial charge on any atom is 0.220 e. The van der Waals surface area contributed by atoms with Crippen molar-refractivity contribution in [1.29, 1.82) is 0 Å². The molecule has 1 aliphatic rings. The van der Waals surface area contributed by atoms with Crippen LogP contribution in [0.5, 0.6) is 0 Å². The maximum atomic E-state index is 11.5. The first-order chi connectivity index (χ1) is 6.75. The minimum atomic E-state index is 0.177. The van der Waals surface area contributed by atoms with Crippen molar-refractivity contribution >= 4 is 0 Å². The summed E-state index contributed by atoms with van der Waals surface area (Å²) in [5, 5.41) is 0. The molecule has 0 spiro atoms. The first-order valence-electron chi connectivity index (χ1n) is 4.84. The Balaban J connectivity index is 1.95. The summed E-state index contributed by atoms with van der Waals surface area (Å²) in [7, 11) is 0. The van der Waals surface area contributed by atoms with Gasteiger partial charge in [-0.1, -0.05) is 24.3 Å². The second-order valence-corrected chi connectivity index (χ2v) is 3.70. The second kappa shape index (κ2) is 3.88. The lowest BCUT2D eigenvalue weighted by atomic mass is 10.1. The highest BCUT2D eigenvalue weighted by molar-refractivity contribution is 5.24. The number of epoxide rings is 1. The maximum absolute atomic E-state index is 11.5. The van der Waals surface area contributed by atoms with E-state index >= 15 is 0 Å². The molecule has 0 radical (unpaired) electrons. The summed E-state index contributed by atoms with van der Waals surface area (Å²) in [6.45, 7) is 3.73. The average molecular weight is 192 g/mol. The van der Waals surface area contributed by atoms with Crippen LogP contribution in [0.2, 0.25) is 0 Å². The molecule has 1 aromatic rings. The predicted octanol–water partition coefficient (Wildman–Crippen LogP) is 1.67. The Labute approximate surface area is 83.3 Å². The fourth-order valence-electron chi connectivity index (χ4n) is 1.44. The van der Waals surface area contributed by atoms with Crippen LogP contribution in [0.1, 0.15) is 11.1 Å². The van der Waals surface area contributed by atoms with Crippen LogP contribution in [0, 0.1) is 11.8 Å². The lowest BCUT2D eigenvalue weighted by Gasteiger charge is -1.98. The summed E-state index contributed by atoms with van der Waals surface area (Å²) in [6, 6.07) is 7.96. The summed E-state index contributed by atoms with van der Waals surface area (Å²) < 4.78 is 6.07. The molecule has 0 aromatic heterocycles. The van der Waals surface area contributed by atoms with Gasteiger partial charge in [-0.05, 0) is 12.5 Å². The third-order valence-corrected chi connectivity index (χ3v) is 2.42. The van der Waals surface area contributed by atoms with Crippen LogP contribution in [0.15, 0.2) is 24.3 Å². The van der Waals surface area contributed by atoms with Crippen molar-refractivity contribution in [2.75, 3.05) is 13.2 Å². The first-order valence-corrected chi connectivity index (χ1v) is 4.84. The number of aryl methyl sites for hydroxylation is 1. The van der Waals surface area contributed by atoms with Gasteiger partial charge >= 0.3 is 0 Å². The quantitative estimate of drug-likeness (QED) is 0.537. The lowest BCUT2D eigenvalue weighted by molar-refractivity contribution is -0.566. The largest absolute Gasteiger partial charge is 0.366 e. The molecule has 3 nitrogen and oxygen atoms in total. The molecule has 0 amide bonds. The summed E-state index contributed by atoms with van der Waals surface area (Å²) in [4.78, 5) is 11.5. The zero-order valence-electron chi connectivity index (χ0n) is 8.27. The molecule has 0 N–H and O–H groups in total. The first kappa shape index (κ1) is 9.34. The number of benzene rings is 1. The van der Waals surface area contributed by atoms with Crippen LogP contribution < -0.4 is 0 Å². The van der Waals surface area contributed by atoms with Gasteiger partial charge < -0.3 is 4.74 Å².